The van der Waals surface area contributed by atoms with Gasteiger partial charge in [-0.15, -0.1) is 0 Å². The van der Waals surface area contributed by atoms with Crippen LogP contribution in [0.1, 0.15) is 39.1 Å². The van der Waals surface area contributed by atoms with Crippen LogP contribution in [0.3, 0.4) is 0 Å². The summed E-state index contributed by atoms with van der Waals surface area (Å²) in [6, 6.07) is 14.1. The van der Waals surface area contributed by atoms with Crippen LogP contribution < -0.4 is 4.74 Å². The molecule has 2 atom stereocenters. The number of carbonyl (C=O) groups excluding carboxylic acids is 3. The first-order valence-electron chi connectivity index (χ1n) is 8.54. The summed E-state index contributed by atoms with van der Waals surface area (Å²) >= 11 is 0. The monoisotopic (exact) mass is 349 g/mol. The van der Waals surface area contributed by atoms with Crippen molar-refractivity contribution in [3.63, 3.8) is 0 Å². The number of imide groups is 1. The van der Waals surface area contributed by atoms with Crippen molar-refractivity contribution in [3.05, 3.63) is 65.2 Å². The Morgan fingerprint density at radius 2 is 1.69 bits per heavy atom. The second-order valence-corrected chi connectivity index (χ2v) is 6.87. The van der Waals surface area contributed by atoms with Crippen molar-refractivity contribution in [2.75, 3.05) is 6.61 Å². The van der Waals surface area contributed by atoms with Crippen LogP contribution in [-0.2, 0) is 15.0 Å². The number of benzene rings is 2. The molecule has 1 aliphatic carbocycles. The lowest BCUT2D eigenvalue weighted by atomic mass is 9.87. The van der Waals surface area contributed by atoms with Gasteiger partial charge in [0.05, 0.1) is 23.7 Å². The summed E-state index contributed by atoms with van der Waals surface area (Å²) in [6.07, 6.45) is 1.35. The number of ether oxygens (including phenoxy) is 1. The first-order valence-corrected chi connectivity index (χ1v) is 8.54. The van der Waals surface area contributed by atoms with Gasteiger partial charge in [0, 0.05) is 11.0 Å². The SMILES string of the molecule is O=C(ON1C(=O)c2ccccc2C1=O)C1CC12CCOc1ccccc12. The molecule has 2 aliphatic heterocycles. The molecule has 2 unspecified atom stereocenters. The highest BCUT2D eigenvalue weighted by Gasteiger charge is 2.62. The topological polar surface area (TPSA) is 72.9 Å². The van der Waals surface area contributed by atoms with Crippen LogP contribution in [0.15, 0.2) is 48.5 Å². The van der Waals surface area contributed by atoms with Gasteiger partial charge in [0.25, 0.3) is 11.8 Å². The van der Waals surface area contributed by atoms with E-state index in [1.807, 2.05) is 24.3 Å². The molecule has 1 fully saturated rings. The minimum atomic E-state index is -0.596. The summed E-state index contributed by atoms with van der Waals surface area (Å²) in [4.78, 5) is 42.6. The predicted octanol–water partition coefficient (Wildman–Crippen LogP) is 2.48. The molecule has 0 bridgehead atoms. The fourth-order valence-electron chi connectivity index (χ4n) is 4.07. The van der Waals surface area contributed by atoms with E-state index in [-0.39, 0.29) is 22.5 Å². The Balaban J connectivity index is 1.38. The van der Waals surface area contributed by atoms with Gasteiger partial charge in [-0.2, -0.15) is 0 Å². The second-order valence-electron chi connectivity index (χ2n) is 6.87. The Morgan fingerprint density at radius 1 is 1.04 bits per heavy atom. The number of carbonyl (C=O) groups is 3. The molecule has 0 radical (unpaired) electrons. The normalized spacial score (nSPS) is 25.5. The zero-order valence-electron chi connectivity index (χ0n) is 13.8. The van der Waals surface area contributed by atoms with Crippen molar-refractivity contribution < 1.29 is 24.0 Å². The minimum Gasteiger partial charge on any atom is -0.493 e. The van der Waals surface area contributed by atoms with Crippen LogP contribution in [0.25, 0.3) is 0 Å². The van der Waals surface area contributed by atoms with Crippen molar-refractivity contribution in [3.8, 4) is 5.75 Å². The van der Waals surface area contributed by atoms with Crippen LogP contribution in [-0.4, -0.2) is 29.5 Å². The zero-order chi connectivity index (χ0) is 17.9. The highest BCUT2D eigenvalue weighted by atomic mass is 16.7. The Kier molecular flexibility index (Phi) is 3.01. The summed E-state index contributed by atoms with van der Waals surface area (Å²) in [5, 5.41) is 0.588. The van der Waals surface area contributed by atoms with Gasteiger partial charge >= 0.3 is 5.97 Å². The van der Waals surface area contributed by atoms with E-state index >= 15 is 0 Å². The quantitative estimate of drug-likeness (QED) is 0.779. The molecule has 0 N–H and O–H groups in total. The van der Waals surface area contributed by atoms with Gasteiger partial charge in [0.2, 0.25) is 0 Å². The number of amides is 2. The van der Waals surface area contributed by atoms with Gasteiger partial charge < -0.3 is 9.57 Å². The number of fused-ring (bicyclic) bond motifs is 3. The molecule has 2 heterocycles. The summed E-state index contributed by atoms with van der Waals surface area (Å²) in [6.45, 7) is 0.536. The van der Waals surface area contributed by atoms with Crippen LogP contribution in [0.4, 0.5) is 0 Å². The average molecular weight is 349 g/mol. The van der Waals surface area contributed by atoms with E-state index in [2.05, 4.69) is 0 Å². The van der Waals surface area contributed by atoms with E-state index in [9.17, 15) is 14.4 Å². The van der Waals surface area contributed by atoms with Gasteiger partial charge in [-0.25, -0.2) is 4.79 Å². The van der Waals surface area contributed by atoms with Crippen molar-refractivity contribution in [1.29, 1.82) is 0 Å². The molecular formula is C20H15NO5. The van der Waals surface area contributed by atoms with E-state index in [1.54, 1.807) is 24.3 Å². The lowest BCUT2D eigenvalue weighted by molar-refractivity contribution is -0.170. The van der Waals surface area contributed by atoms with Crippen LogP contribution in [0, 0.1) is 5.92 Å². The molecule has 26 heavy (non-hydrogen) atoms. The molecule has 130 valence electrons. The lowest BCUT2D eigenvalue weighted by Gasteiger charge is -2.26. The van der Waals surface area contributed by atoms with Crippen LogP contribution in [0.2, 0.25) is 0 Å². The summed E-state index contributed by atoms with van der Waals surface area (Å²) in [7, 11) is 0. The molecule has 3 aliphatic rings. The number of nitrogens with zero attached hydrogens (tertiary/aromatic N) is 1. The third-order valence-electron chi connectivity index (χ3n) is 5.53. The summed E-state index contributed by atoms with van der Waals surface area (Å²) < 4.78 is 5.67. The number of para-hydroxylation sites is 1. The van der Waals surface area contributed by atoms with Crippen molar-refractivity contribution in [2.24, 2.45) is 5.92 Å². The average Bonchev–Trinajstić information content (AvgIpc) is 3.34. The largest absolute Gasteiger partial charge is 0.493 e. The van der Waals surface area contributed by atoms with Crippen molar-refractivity contribution in [2.45, 2.75) is 18.3 Å². The fraction of sp³-hybridized carbons (Fsp3) is 0.250. The highest BCUT2D eigenvalue weighted by molar-refractivity contribution is 6.20. The Morgan fingerprint density at radius 3 is 2.42 bits per heavy atom. The van der Waals surface area contributed by atoms with E-state index in [4.69, 9.17) is 9.57 Å². The molecule has 0 saturated heterocycles. The lowest BCUT2D eigenvalue weighted by Crippen LogP contribution is -2.34. The molecule has 6 nitrogen and oxygen atoms in total. The summed E-state index contributed by atoms with van der Waals surface area (Å²) in [5.74, 6) is -1.33. The third kappa shape index (κ3) is 1.95. The molecule has 1 saturated carbocycles. The van der Waals surface area contributed by atoms with Gasteiger partial charge in [-0.1, -0.05) is 35.4 Å². The van der Waals surface area contributed by atoms with E-state index in [1.165, 1.54) is 0 Å². The molecule has 2 amide bonds. The van der Waals surface area contributed by atoms with Gasteiger partial charge in [0.15, 0.2) is 0 Å². The molecule has 5 rings (SSSR count). The van der Waals surface area contributed by atoms with Crippen molar-refractivity contribution in [1.82, 2.24) is 5.06 Å². The smallest absolute Gasteiger partial charge is 0.337 e. The van der Waals surface area contributed by atoms with Crippen LogP contribution >= 0.6 is 0 Å². The summed E-state index contributed by atoms with van der Waals surface area (Å²) in [5.41, 5.74) is 1.19. The van der Waals surface area contributed by atoms with Gasteiger partial charge in [-0.05, 0) is 31.0 Å². The molecule has 1 spiro atoms. The number of rotatable bonds is 2. The molecular weight excluding hydrogens is 334 g/mol. The molecule has 2 aromatic rings. The molecule has 6 heteroatoms. The standard InChI is InChI=1S/C20H15NO5/c22-17-12-5-1-2-6-13(12)18(23)21(17)26-19(24)15-11-20(15)9-10-25-16-8-4-3-7-14(16)20/h1-8,15H,9-11H2. The maximum absolute atomic E-state index is 12.7. The van der Waals surface area contributed by atoms with E-state index in [0.29, 0.717) is 24.5 Å². The Labute approximate surface area is 149 Å². The third-order valence-corrected chi connectivity index (χ3v) is 5.53. The zero-order valence-corrected chi connectivity index (χ0v) is 13.8. The fourth-order valence-corrected chi connectivity index (χ4v) is 4.07. The maximum Gasteiger partial charge on any atom is 0.337 e. The van der Waals surface area contributed by atoms with E-state index in [0.717, 1.165) is 11.3 Å². The molecule has 0 aromatic heterocycles. The predicted molar refractivity (Wildman–Crippen MR) is 89.4 cm³/mol. The number of hydrogen-bond donors (Lipinski definition) is 0. The maximum atomic E-state index is 12.7. The first kappa shape index (κ1) is 15.1. The van der Waals surface area contributed by atoms with E-state index < -0.39 is 17.8 Å². The van der Waals surface area contributed by atoms with Gasteiger partial charge in [0.1, 0.15) is 5.75 Å². The molecule has 2 aromatic carbocycles. The minimum absolute atomic E-state index is 0.257. The second kappa shape index (κ2) is 5.17. The number of hydrogen-bond acceptors (Lipinski definition) is 5. The van der Waals surface area contributed by atoms with Gasteiger partial charge in [-0.3, -0.25) is 9.59 Å². The Bertz CT molecular complexity index is 933. The Hall–Kier alpha value is -3.15. The highest BCUT2D eigenvalue weighted by Crippen LogP contribution is 2.61. The number of hydroxylamine groups is 2. The first-order chi connectivity index (χ1) is 12.6. The van der Waals surface area contributed by atoms with Crippen LogP contribution in [0.5, 0.6) is 5.75 Å². The van der Waals surface area contributed by atoms with Crippen molar-refractivity contribution >= 4 is 17.8 Å².